The van der Waals surface area contributed by atoms with Crippen LogP contribution in [0.15, 0.2) is 53.7 Å². The zero-order valence-electron chi connectivity index (χ0n) is 11.7. The summed E-state index contributed by atoms with van der Waals surface area (Å²) in [5.74, 6) is 0. The molecule has 2 nitrogen and oxygen atoms in total. The van der Waals surface area contributed by atoms with E-state index in [0.29, 0.717) is 5.25 Å². The van der Waals surface area contributed by atoms with Crippen molar-refractivity contribution in [3.8, 4) is 0 Å². The van der Waals surface area contributed by atoms with Gasteiger partial charge in [-0.1, -0.05) is 17.7 Å². The predicted octanol–water partition coefficient (Wildman–Crippen LogP) is 4.40. The quantitative estimate of drug-likeness (QED) is 0.834. The molecule has 1 fully saturated rings. The van der Waals surface area contributed by atoms with E-state index in [-0.39, 0.29) is 6.10 Å². The number of rotatable bonds is 3. The Morgan fingerprint density at radius 1 is 1.20 bits per heavy atom. The van der Waals surface area contributed by atoms with Crippen molar-refractivity contribution in [2.45, 2.75) is 36.0 Å². The summed E-state index contributed by atoms with van der Waals surface area (Å²) in [5.41, 5.74) is 2.57. The van der Waals surface area contributed by atoms with Gasteiger partial charge in [-0.15, -0.1) is 11.8 Å². The molecule has 2 atom stereocenters. The second-order valence-corrected chi connectivity index (χ2v) is 6.59. The summed E-state index contributed by atoms with van der Waals surface area (Å²) in [5, 5.41) is 0.628. The van der Waals surface area contributed by atoms with Crippen molar-refractivity contribution < 1.29 is 4.74 Å². The van der Waals surface area contributed by atoms with Gasteiger partial charge in [0.15, 0.2) is 0 Å². The number of thioether (sulfide) groups is 1. The molecule has 2 unspecified atom stereocenters. The zero-order chi connectivity index (χ0) is 13.8. The van der Waals surface area contributed by atoms with Gasteiger partial charge in [-0.2, -0.15) is 0 Å². The fourth-order valence-corrected chi connectivity index (χ4v) is 3.85. The molecule has 2 aromatic rings. The monoisotopic (exact) mass is 285 g/mol. The fourth-order valence-electron chi connectivity index (χ4n) is 2.56. The average molecular weight is 285 g/mol. The molecule has 20 heavy (non-hydrogen) atoms. The van der Waals surface area contributed by atoms with E-state index < -0.39 is 0 Å². The predicted molar refractivity (Wildman–Crippen MR) is 83.0 cm³/mol. The van der Waals surface area contributed by atoms with Gasteiger partial charge >= 0.3 is 0 Å². The largest absolute Gasteiger partial charge is 0.373 e. The van der Waals surface area contributed by atoms with Gasteiger partial charge in [-0.05, 0) is 49.6 Å². The first-order valence-electron chi connectivity index (χ1n) is 7.06. The third-order valence-corrected chi connectivity index (χ3v) is 4.89. The third kappa shape index (κ3) is 3.41. The first-order valence-corrected chi connectivity index (χ1v) is 7.94. The lowest BCUT2D eigenvalue weighted by molar-refractivity contribution is 0.0178. The van der Waals surface area contributed by atoms with Crippen molar-refractivity contribution in [3.63, 3.8) is 0 Å². The lowest BCUT2D eigenvalue weighted by Gasteiger charge is -2.29. The summed E-state index contributed by atoms with van der Waals surface area (Å²) >= 11 is 1.98. The van der Waals surface area contributed by atoms with E-state index in [1.165, 1.54) is 16.0 Å². The van der Waals surface area contributed by atoms with E-state index in [9.17, 15) is 0 Å². The van der Waals surface area contributed by atoms with E-state index in [1.807, 2.05) is 24.2 Å². The maximum Gasteiger partial charge on any atom is 0.0836 e. The Morgan fingerprint density at radius 2 is 2.05 bits per heavy atom. The molecular weight excluding hydrogens is 266 g/mol. The summed E-state index contributed by atoms with van der Waals surface area (Å²) < 4.78 is 5.91. The Hall–Kier alpha value is -1.32. The topological polar surface area (TPSA) is 22.1 Å². The average Bonchev–Trinajstić information content (AvgIpc) is 2.48. The first kappa shape index (κ1) is 13.7. The van der Waals surface area contributed by atoms with Gasteiger partial charge in [0.05, 0.1) is 6.10 Å². The maximum absolute atomic E-state index is 5.91. The molecule has 0 spiro atoms. The van der Waals surface area contributed by atoms with Crippen LogP contribution in [0.3, 0.4) is 0 Å². The second-order valence-electron chi connectivity index (χ2n) is 5.22. The number of ether oxygens (including phenoxy) is 1. The molecule has 0 saturated carbocycles. The zero-order valence-corrected chi connectivity index (χ0v) is 12.5. The molecule has 0 amide bonds. The Labute approximate surface area is 124 Å². The van der Waals surface area contributed by atoms with Crippen LogP contribution in [0.5, 0.6) is 0 Å². The van der Waals surface area contributed by atoms with E-state index in [2.05, 4.69) is 48.3 Å². The van der Waals surface area contributed by atoms with Crippen molar-refractivity contribution >= 4 is 11.8 Å². The van der Waals surface area contributed by atoms with Crippen LogP contribution in [0, 0.1) is 6.92 Å². The highest BCUT2D eigenvalue weighted by atomic mass is 32.2. The van der Waals surface area contributed by atoms with Gasteiger partial charge in [-0.25, -0.2) is 0 Å². The Bertz CT molecular complexity index is 558. The third-order valence-electron chi connectivity index (χ3n) is 3.61. The molecule has 0 radical (unpaired) electrons. The summed E-state index contributed by atoms with van der Waals surface area (Å²) in [4.78, 5) is 5.44. The maximum atomic E-state index is 5.91. The summed E-state index contributed by atoms with van der Waals surface area (Å²) in [6, 6.07) is 12.9. The normalized spacial score (nSPS) is 22.6. The summed E-state index contributed by atoms with van der Waals surface area (Å²) in [6.07, 6.45) is 6.10. The van der Waals surface area contributed by atoms with Crippen molar-refractivity contribution in [1.29, 1.82) is 0 Å². The number of hydrogen-bond acceptors (Lipinski definition) is 3. The van der Waals surface area contributed by atoms with Crippen molar-refractivity contribution in [3.05, 3.63) is 59.9 Å². The van der Waals surface area contributed by atoms with Crippen LogP contribution in [-0.4, -0.2) is 16.8 Å². The van der Waals surface area contributed by atoms with E-state index in [1.54, 1.807) is 0 Å². The van der Waals surface area contributed by atoms with Gasteiger partial charge in [-0.3, -0.25) is 4.98 Å². The van der Waals surface area contributed by atoms with Gasteiger partial charge in [0.1, 0.15) is 0 Å². The molecule has 104 valence electrons. The van der Waals surface area contributed by atoms with Crippen LogP contribution in [0.4, 0.5) is 0 Å². The highest BCUT2D eigenvalue weighted by Crippen LogP contribution is 2.37. The Morgan fingerprint density at radius 3 is 2.85 bits per heavy atom. The molecule has 1 aromatic carbocycles. The number of aryl methyl sites for hydroxylation is 1. The molecule has 3 heteroatoms. The smallest absolute Gasteiger partial charge is 0.0836 e. The van der Waals surface area contributed by atoms with Crippen LogP contribution in [0.25, 0.3) is 0 Å². The Balaban J connectivity index is 1.66. The first-order chi connectivity index (χ1) is 9.81. The van der Waals surface area contributed by atoms with E-state index >= 15 is 0 Å². The van der Waals surface area contributed by atoms with Crippen LogP contribution >= 0.6 is 11.8 Å². The molecule has 0 aliphatic carbocycles. The lowest BCUT2D eigenvalue weighted by Crippen LogP contribution is -2.21. The van der Waals surface area contributed by atoms with Gasteiger partial charge in [0.25, 0.3) is 0 Å². The molecule has 1 aliphatic rings. The molecule has 1 aromatic heterocycles. The molecular formula is C17H19NOS. The molecule has 1 aliphatic heterocycles. The Kier molecular flexibility index (Phi) is 4.38. The molecule has 0 N–H and O–H groups in total. The molecule has 3 rings (SSSR count). The molecule has 2 heterocycles. The highest BCUT2D eigenvalue weighted by molar-refractivity contribution is 8.00. The van der Waals surface area contributed by atoms with Crippen LogP contribution in [0.1, 0.15) is 30.1 Å². The van der Waals surface area contributed by atoms with E-state index in [0.717, 1.165) is 19.4 Å². The van der Waals surface area contributed by atoms with Gasteiger partial charge in [0.2, 0.25) is 0 Å². The second kappa shape index (κ2) is 6.42. The number of pyridine rings is 1. The molecule has 1 saturated heterocycles. The highest BCUT2D eigenvalue weighted by Gasteiger charge is 2.24. The summed E-state index contributed by atoms with van der Waals surface area (Å²) in [6.45, 7) is 2.99. The number of hydrogen-bond donors (Lipinski definition) is 0. The molecule has 0 bridgehead atoms. The fraction of sp³-hybridized carbons (Fsp3) is 0.353. The standard InChI is InChI=1S/C17H19NOS/c1-13-3-2-4-15(11-13)20-16-7-10-19-17(12-16)14-5-8-18-9-6-14/h2-6,8-9,11,16-17H,7,10,12H2,1H3. The number of nitrogens with zero attached hydrogens (tertiary/aromatic N) is 1. The van der Waals surface area contributed by atoms with Crippen LogP contribution in [0.2, 0.25) is 0 Å². The van der Waals surface area contributed by atoms with Crippen LogP contribution in [-0.2, 0) is 4.74 Å². The minimum Gasteiger partial charge on any atom is -0.373 e. The van der Waals surface area contributed by atoms with Crippen LogP contribution < -0.4 is 0 Å². The lowest BCUT2D eigenvalue weighted by atomic mass is 10.0. The van der Waals surface area contributed by atoms with Crippen molar-refractivity contribution in [1.82, 2.24) is 4.98 Å². The van der Waals surface area contributed by atoms with Crippen molar-refractivity contribution in [2.75, 3.05) is 6.61 Å². The minimum absolute atomic E-state index is 0.217. The van der Waals surface area contributed by atoms with E-state index in [4.69, 9.17) is 4.74 Å². The van der Waals surface area contributed by atoms with Gasteiger partial charge < -0.3 is 4.74 Å². The van der Waals surface area contributed by atoms with Gasteiger partial charge in [0, 0.05) is 29.1 Å². The summed E-state index contributed by atoms with van der Waals surface area (Å²) in [7, 11) is 0. The number of aromatic nitrogens is 1. The number of benzene rings is 1. The minimum atomic E-state index is 0.217. The SMILES string of the molecule is Cc1cccc(SC2CCOC(c3ccncc3)C2)c1. The van der Waals surface area contributed by atoms with Crippen molar-refractivity contribution in [2.24, 2.45) is 0 Å².